The molecule has 38 heavy (non-hydrogen) atoms. The van der Waals surface area contributed by atoms with Crippen LogP contribution < -0.4 is 10.6 Å². The predicted molar refractivity (Wildman–Crippen MR) is 120 cm³/mol. The Balaban J connectivity index is 0.000000638. The number of hydrogen-bond donors (Lipinski definition) is 4. The summed E-state index contributed by atoms with van der Waals surface area (Å²) in [6.07, 6.45) is -4.45. The zero-order valence-electron chi connectivity index (χ0n) is 19.8. The molecule has 0 aromatic heterocycles. The van der Waals surface area contributed by atoms with E-state index in [9.17, 15) is 41.9 Å². The fourth-order valence-corrected chi connectivity index (χ4v) is 3.67. The molecule has 4 N–H and O–H groups in total. The first kappa shape index (κ1) is 29.7. The van der Waals surface area contributed by atoms with Crippen LogP contribution in [0.15, 0.2) is 18.2 Å². The molecule has 16 heteroatoms. The first-order valence-electron chi connectivity index (χ1n) is 11.1. The Hall–Kier alpha value is -4.50. The van der Waals surface area contributed by atoms with Gasteiger partial charge in [0.2, 0.25) is 17.7 Å². The van der Waals surface area contributed by atoms with Gasteiger partial charge in [-0.1, -0.05) is 13.0 Å². The lowest BCUT2D eigenvalue weighted by Gasteiger charge is -2.27. The molecule has 1 aromatic carbocycles. The van der Waals surface area contributed by atoms with Gasteiger partial charge in [-0.2, -0.15) is 13.2 Å². The minimum Gasteiger partial charge on any atom is -0.480 e. The molecule has 0 radical (unpaired) electrons. The molecule has 13 nitrogen and oxygen atoms in total. The summed E-state index contributed by atoms with van der Waals surface area (Å²) in [6, 6.07) is 3.41. The molecule has 0 spiro atoms. The molecule has 2 aliphatic rings. The Labute approximate surface area is 212 Å². The number of piperidine rings is 1. The van der Waals surface area contributed by atoms with Crippen LogP contribution in [0.3, 0.4) is 0 Å². The van der Waals surface area contributed by atoms with Crippen molar-refractivity contribution < 1.29 is 56.9 Å². The zero-order chi connectivity index (χ0) is 28.8. The number of hydrogen-bond acceptors (Lipinski definition) is 8. The van der Waals surface area contributed by atoms with Gasteiger partial charge in [0, 0.05) is 18.7 Å². The van der Waals surface area contributed by atoms with Crippen molar-refractivity contribution in [2.24, 2.45) is 0 Å². The number of rotatable bonds is 8. The summed E-state index contributed by atoms with van der Waals surface area (Å²) < 4.78 is 31.7. The largest absolute Gasteiger partial charge is 0.490 e. The van der Waals surface area contributed by atoms with E-state index in [1.165, 1.54) is 23.1 Å². The van der Waals surface area contributed by atoms with Crippen molar-refractivity contribution in [1.82, 2.24) is 15.1 Å². The Morgan fingerprint density at radius 1 is 1.13 bits per heavy atom. The van der Waals surface area contributed by atoms with E-state index in [-0.39, 0.29) is 42.7 Å². The number of fused-ring (bicyclic) bond motifs is 1. The molecule has 5 amide bonds. The molecular weight excluding hydrogens is 521 g/mol. The minimum absolute atomic E-state index is 0.0141. The van der Waals surface area contributed by atoms with E-state index in [2.05, 4.69) is 10.6 Å². The average molecular weight is 544 g/mol. The number of carbonyl (C=O) groups is 7. The number of carboxylic acids is 2. The third-order valence-corrected chi connectivity index (χ3v) is 5.31. The molecule has 2 aliphatic heterocycles. The maximum Gasteiger partial charge on any atom is 0.490 e. The van der Waals surface area contributed by atoms with Crippen molar-refractivity contribution in [3.05, 3.63) is 29.3 Å². The van der Waals surface area contributed by atoms with E-state index < -0.39 is 60.2 Å². The molecule has 1 atom stereocenters. The third kappa shape index (κ3) is 7.04. The zero-order valence-corrected chi connectivity index (χ0v) is 19.8. The van der Waals surface area contributed by atoms with Crippen molar-refractivity contribution in [2.75, 3.05) is 25.0 Å². The van der Waals surface area contributed by atoms with Gasteiger partial charge in [0.15, 0.2) is 0 Å². The average Bonchev–Trinajstić information content (AvgIpc) is 3.07. The van der Waals surface area contributed by atoms with E-state index in [4.69, 9.17) is 15.0 Å². The Morgan fingerprint density at radius 2 is 1.76 bits per heavy atom. The number of benzene rings is 1. The fraction of sp³-hybridized carbons (Fsp3) is 0.409. The topological polar surface area (TPSA) is 190 Å². The van der Waals surface area contributed by atoms with E-state index in [1.54, 1.807) is 0 Å². The van der Waals surface area contributed by atoms with Gasteiger partial charge in [-0.25, -0.2) is 4.79 Å². The second kappa shape index (κ2) is 12.2. The highest BCUT2D eigenvalue weighted by Gasteiger charge is 2.45. The standard InChI is InChI=1S/C20H22N4O7.C2HF3O2/c1-2-8-23(10-16(27)28)15(26)9-21-12-5-3-4-11-17(12)20(31)24(19(11)30)13-6-7-14(25)22-18(13)29;3-2(4,5)1(6)7/h3-5,13,21H,2,6-10H2,1H3,(H,27,28)(H,22,25,29);(H,6,7). The number of nitrogens with zero attached hydrogens (tertiary/aromatic N) is 2. The van der Waals surface area contributed by atoms with Crippen LogP contribution in [0.4, 0.5) is 18.9 Å². The number of alkyl halides is 3. The molecule has 0 saturated carbocycles. The van der Waals surface area contributed by atoms with Crippen molar-refractivity contribution in [3.8, 4) is 0 Å². The molecule has 2 heterocycles. The summed E-state index contributed by atoms with van der Waals surface area (Å²) in [4.78, 5) is 83.7. The monoisotopic (exact) mass is 544 g/mol. The smallest absolute Gasteiger partial charge is 0.480 e. The van der Waals surface area contributed by atoms with Gasteiger partial charge in [-0.05, 0) is 25.0 Å². The normalized spacial score (nSPS) is 16.7. The van der Waals surface area contributed by atoms with E-state index in [0.717, 1.165) is 4.90 Å². The lowest BCUT2D eigenvalue weighted by Crippen LogP contribution is -2.54. The van der Waals surface area contributed by atoms with E-state index >= 15 is 0 Å². The second-order valence-electron chi connectivity index (χ2n) is 8.04. The van der Waals surface area contributed by atoms with E-state index in [1.807, 2.05) is 6.92 Å². The van der Waals surface area contributed by atoms with Crippen LogP contribution in [0, 0.1) is 0 Å². The van der Waals surface area contributed by atoms with Crippen molar-refractivity contribution in [2.45, 2.75) is 38.4 Å². The van der Waals surface area contributed by atoms with Crippen molar-refractivity contribution in [3.63, 3.8) is 0 Å². The van der Waals surface area contributed by atoms with Crippen LogP contribution in [-0.4, -0.2) is 93.3 Å². The van der Waals surface area contributed by atoms with Gasteiger partial charge in [0.25, 0.3) is 11.8 Å². The lowest BCUT2D eigenvalue weighted by atomic mass is 10.0. The van der Waals surface area contributed by atoms with Gasteiger partial charge in [0.1, 0.15) is 12.6 Å². The molecule has 206 valence electrons. The summed E-state index contributed by atoms with van der Waals surface area (Å²) in [6.45, 7) is 1.36. The lowest BCUT2D eigenvalue weighted by molar-refractivity contribution is -0.192. The SMILES string of the molecule is CCCN(CC(=O)O)C(=O)CNc1cccc2c1C(=O)N(C1CCC(=O)NC1=O)C2=O.O=C(O)C(F)(F)F. The molecule has 0 aliphatic carbocycles. The summed E-state index contributed by atoms with van der Waals surface area (Å²) >= 11 is 0. The highest BCUT2D eigenvalue weighted by molar-refractivity contribution is 6.25. The number of amides is 5. The fourth-order valence-electron chi connectivity index (χ4n) is 3.67. The van der Waals surface area contributed by atoms with Gasteiger partial charge < -0.3 is 20.4 Å². The molecule has 0 bridgehead atoms. The summed E-state index contributed by atoms with van der Waals surface area (Å²) in [5.41, 5.74) is 0.346. The Morgan fingerprint density at radius 3 is 2.29 bits per heavy atom. The first-order valence-corrected chi connectivity index (χ1v) is 11.1. The second-order valence-corrected chi connectivity index (χ2v) is 8.04. The number of imide groups is 2. The van der Waals surface area contributed by atoms with Crippen LogP contribution in [-0.2, 0) is 24.0 Å². The van der Waals surface area contributed by atoms with Gasteiger partial charge in [-0.3, -0.25) is 39.0 Å². The van der Waals surface area contributed by atoms with Crippen LogP contribution in [0.25, 0.3) is 0 Å². The molecule has 1 unspecified atom stereocenters. The van der Waals surface area contributed by atoms with Crippen LogP contribution in [0.5, 0.6) is 0 Å². The molecule has 1 fully saturated rings. The van der Waals surface area contributed by atoms with Gasteiger partial charge in [-0.15, -0.1) is 0 Å². The van der Waals surface area contributed by atoms with Crippen molar-refractivity contribution >= 4 is 47.2 Å². The number of aliphatic carboxylic acids is 2. The maximum atomic E-state index is 13.0. The van der Waals surface area contributed by atoms with E-state index in [0.29, 0.717) is 6.42 Å². The van der Waals surface area contributed by atoms with Crippen LogP contribution in [0.2, 0.25) is 0 Å². The summed E-state index contributed by atoms with van der Waals surface area (Å²) in [5, 5.41) is 21.0. The Bertz CT molecular complexity index is 1170. The quantitative estimate of drug-likeness (QED) is 0.334. The van der Waals surface area contributed by atoms with Gasteiger partial charge in [0.05, 0.1) is 17.7 Å². The van der Waals surface area contributed by atoms with Gasteiger partial charge >= 0.3 is 18.1 Å². The van der Waals surface area contributed by atoms with Crippen molar-refractivity contribution in [1.29, 1.82) is 0 Å². The first-order chi connectivity index (χ1) is 17.7. The van der Waals surface area contributed by atoms with Crippen LogP contribution in [0.1, 0.15) is 46.9 Å². The predicted octanol–water partition coefficient (Wildman–Crippen LogP) is 0.456. The Kier molecular flexibility index (Phi) is 9.51. The number of halogens is 3. The minimum atomic E-state index is -5.08. The molecule has 3 rings (SSSR count). The summed E-state index contributed by atoms with van der Waals surface area (Å²) in [5.74, 6) is -6.88. The number of nitrogens with one attached hydrogen (secondary N) is 2. The highest BCUT2D eigenvalue weighted by atomic mass is 19.4. The third-order valence-electron chi connectivity index (χ3n) is 5.31. The molecule has 1 saturated heterocycles. The molecular formula is C22H23F3N4O9. The maximum absolute atomic E-state index is 13.0. The summed E-state index contributed by atoms with van der Waals surface area (Å²) in [7, 11) is 0. The van der Waals surface area contributed by atoms with Crippen LogP contribution >= 0.6 is 0 Å². The number of anilines is 1. The number of carbonyl (C=O) groups excluding carboxylic acids is 5. The highest BCUT2D eigenvalue weighted by Crippen LogP contribution is 2.32. The number of carboxylic acid groups (broad SMARTS) is 2. The molecule has 1 aromatic rings.